The van der Waals surface area contributed by atoms with E-state index in [0.29, 0.717) is 38.0 Å². The van der Waals surface area contributed by atoms with Gasteiger partial charge in [0.1, 0.15) is 0 Å². The Morgan fingerprint density at radius 2 is 2.04 bits per heavy atom. The third kappa shape index (κ3) is 3.28. The van der Waals surface area contributed by atoms with Crippen molar-refractivity contribution in [3.8, 4) is 0 Å². The number of nitrogens with one attached hydrogen (secondary N) is 1. The topological polar surface area (TPSA) is 92.4 Å². The highest BCUT2D eigenvalue weighted by Gasteiger charge is 2.60. The molecule has 27 heavy (non-hydrogen) atoms. The van der Waals surface area contributed by atoms with Crippen LogP contribution in [0.25, 0.3) is 0 Å². The van der Waals surface area contributed by atoms with Crippen LogP contribution in [0.15, 0.2) is 4.79 Å². The summed E-state index contributed by atoms with van der Waals surface area (Å²) in [4.78, 5) is 45.7. The average Bonchev–Trinajstić information content (AvgIpc) is 3.17. The van der Waals surface area contributed by atoms with Gasteiger partial charge in [0, 0.05) is 29.9 Å². The summed E-state index contributed by atoms with van der Waals surface area (Å²) in [6, 6.07) is 0.0673. The number of carbonyl (C=O) groups excluding carboxylic acids is 2. The molecule has 0 radical (unpaired) electrons. The molecule has 0 spiro atoms. The molecule has 3 rings (SSSR count). The molecule has 2 aliphatic heterocycles. The van der Waals surface area contributed by atoms with Gasteiger partial charge in [-0.15, -0.1) is 0 Å². The summed E-state index contributed by atoms with van der Waals surface area (Å²) >= 11 is 0. The Balaban J connectivity index is 1.75. The molecule has 2 fully saturated rings. The largest absolute Gasteiger partial charge is 0.466 e. The van der Waals surface area contributed by atoms with Crippen LogP contribution in [0.4, 0.5) is 0 Å². The first-order chi connectivity index (χ1) is 12.8. The monoisotopic (exact) mass is 375 g/mol. The van der Waals surface area contributed by atoms with Gasteiger partial charge in [-0.05, 0) is 58.4 Å². The van der Waals surface area contributed by atoms with E-state index in [-0.39, 0.29) is 29.6 Å². The second-order valence-electron chi connectivity index (χ2n) is 7.71. The van der Waals surface area contributed by atoms with Gasteiger partial charge in [-0.3, -0.25) is 9.59 Å². The van der Waals surface area contributed by atoms with Crippen LogP contribution in [-0.4, -0.2) is 45.4 Å². The number of rotatable bonds is 6. The normalized spacial score (nSPS) is 26.4. The SMILES string of the molecule is CCOC(=O)[C@@]1(CC)C[C@H]2CC[C@@H]1N2C(=O)CCc1c(C)nc(=O)[nH]c1C. The van der Waals surface area contributed by atoms with Crippen molar-refractivity contribution < 1.29 is 14.3 Å². The third-order valence-electron chi connectivity index (χ3n) is 6.38. The standard InChI is InChI=1S/C20H29N3O4/c1-5-20(18(25)27-6-2)11-14-7-9-16(20)23(14)17(24)10-8-15-12(3)21-19(26)22-13(15)4/h14,16H,5-11H2,1-4H3,(H,21,22,26)/t14-,16+,20+/m1/s1. The molecule has 1 aromatic heterocycles. The smallest absolute Gasteiger partial charge is 0.345 e. The Bertz CT molecular complexity index is 777. The van der Waals surface area contributed by atoms with Crippen LogP contribution in [0, 0.1) is 19.3 Å². The molecule has 148 valence electrons. The van der Waals surface area contributed by atoms with Crippen molar-refractivity contribution in [1.29, 1.82) is 0 Å². The minimum absolute atomic E-state index is 0.0602. The summed E-state index contributed by atoms with van der Waals surface area (Å²) in [6.45, 7) is 7.83. The van der Waals surface area contributed by atoms with Gasteiger partial charge in [0.2, 0.25) is 5.91 Å². The average molecular weight is 375 g/mol. The van der Waals surface area contributed by atoms with E-state index >= 15 is 0 Å². The lowest BCUT2D eigenvalue weighted by molar-refractivity contribution is -0.158. The van der Waals surface area contributed by atoms with Crippen molar-refractivity contribution in [2.75, 3.05) is 6.61 Å². The number of hydrogen-bond acceptors (Lipinski definition) is 5. The molecular weight excluding hydrogens is 346 g/mol. The number of amides is 1. The van der Waals surface area contributed by atoms with E-state index in [1.165, 1.54) is 0 Å². The highest BCUT2D eigenvalue weighted by atomic mass is 16.5. The Kier molecular flexibility index (Phi) is 5.40. The number of carbonyl (C=O) groups is 2. The van der Waals surface area contributed by atoms with Crippen LogP contribution in [-0.2, 0) is 20.7 Å². The second-order valence-corrected chi connectivity index (χ2v) is 7.71. The summed E-state index contributed by atoms with van der Waals surface area (Å²) < 4.78 is 5.35. The zero-order valence-electron chi connectivity index (χ0n) is 16.6. The molecule has 2 saturated heterocycles. The van der Waals surface area contributed by atoms with Gasteiger partial charge in [0.15, 0.2) is 0 Å². The molecule has 1 N–H and O–H groups in total. The minimum atomic E-state index is -0.556. The fraction of sp³-hybridized carbons (Fsp3) is 0.700. The summed E-state index contributed by atoms with van der Waals surface area (Å²) in [5.74, 6) is -0.0823. The number of nitrogens with zero attached hydrogens (tertiary/aromatic N) is 2. The molecule has 7 nitrogen and oxygen atoms in total. The molecule has 0 aliphatic carbocycles. The first-order valence-corrected chi connectivity index (χ1v) is 9.88. The Morgan fingerprint density at radius 1 is 1.30 bits per heavy atom. The maximum Gasteiger partial charge on any atom is 0.345 e. The van der Waals surface area contributed by atoms with Crippen molar-refractivity contribution in [3.05, 3.63) is 27.4 Å². The highest BCUT2D eigenvalue weighted by molar-refractivity contribution is 5.83. The van der Waals surface area contributed by atoms with Crippen LogP contribution in [0.5, 0.6) is 0 Å². The fourth-order valence-electron chi connectivity index (χ4n) is 5.06. The van der Waals surface area contributed by atoms with Gasteiger partial charge in [0.05, 0.1) is 12.0 Å². The molecular formula is C20H29N3O4. The van der Waals surface area contributed by atoms with Crippen LogP contribution in [0.1, 0.15) is 62.9 Å². The molecule has 1 amide bonds. The zero-order chi connectivity index (χ0) is 19.8. The zero-order valence-corrected chi connectivity index (χ0v) is 16.6. The molecule has 2 bridgehead atoms. The summed E-state index contributed by atoms with van der Waals surface area (Å²) in [5, 5.41) is 0. The Morgan fingerprint density at radius 3 is 2.67 bits per heavy atom. The quantitative estimate of drug-likeness (QED) is 0.768. The second kappa shape index (κ2) is 7.44. The lowest BCUT2D eigenvalue weighted by Crippen LogP contribution is -2.45. The molecule has 0 saturated carbocycles. The summed E-state index contributed by atoms with van der Waals surface area (Å²) in [6.07, 6.45) is 4.10. The number of H-pyrrole nitrogens is 1. The number of esters is 1. The van der Waals surface area contributed by atoms with E-state index in [2.05, 4.69) is 9.97 Å². The molecule has 7 heteroatoms. The van der Waals surface area contributed by atoms with Gasteiger partial charge in [-0.1, -0.05) is 6.92 Å². The van der Waals surface area contributed by atoms with Gasteiger partial charge in [-0.25, -0.2) is 4.79 Å². The number of ether oxygens (including phenoxy) is 1. The van der Waals surface area contributed by atoms with E-state index in [0.717, 1.165) is 24.1 Å². The van der Waals surface area contributed by atoms with Crippen molar-refractivity contribution in [2.45, 2.75) is 78.3 Å². The molecule has 3 heterocycles. The van der Waals surface area contributed by atoms with Crippen molar-refractivity contribution in [2.24, 2.45) is 5.41 Å². The van der Waals surface area contributed by atoms with Crippen molar-refractivity contribution >= 4 is 11.9 Å². The van der Waals surface area contributed by atoms with Crippen molar-refractivity contribution in [1.82, 2.24) is 14.9 Å². The van der Waals surface area contributed by atoms with E-state index in [4.69, 9.17) is 4.74 Å². The number of aromatic amines is 1. The van der Waals surface area contributed by atoms with Gasteiger partial charge >= 0.3 is 11.7 Å². The number of hydrogen-bond donors (Lipinski definition) is 1. The van der Waals surface area contributed by atoms with Crippen LogP contribution in [0.3, 0.4) is 0 Å². The third-order valence-corrected chi connectivity index (χ3v) is 6.38. The predicted octanol–water partition coefficient (Wildman–Crippen LogP) is 2.04. The van der Waals surface area contributed by atoms with Gasteiger partial charge in [-0.2, -0.15) is 4.98 Å². The lowest BCUT2D eigenvalue weighted by Gasteiger charge is -2.34. The van der Waals surface area contributed by atoms with Crippen LogP contribution >= 0.6 is 0 Å². The number of fused-ring (bicyclic) bond motifs is 2. The Hall–Kier alpha value is -2.18. The van der Waals surface area contributed by atoms with Crippen LogP contribution in [0.2, 0.25) is 0 Å². The van der Waals surface area contributed by atoms with E-state index in [9.17, 15) is 14.4 Å². The predicted molar refractivity (Wildman–Crippen MR) is 100 cm³/mol. The lowest BCUT2D eigenvalue weighted by atomic mass is 9.72. The number of aryl methyl sites for hydroxylation is 2. The van der Waals surface area contributed by atoms with Gasteiger partial charge in [0.25, 0.3) is 0 Å². The van der Waals surface area contributed by atoms with E-state index in [1.54, 1.807) is 6.92 Å². The molecule has 3 atom stereocenters. The highest BCUT2D eigenvalue weighted by Crippen LogP contribution is 2.52. The fourth-order valence-corrected chi connectivity index (χ4v) is 5.06. The number of aromatic nitrogens is 2. The minimum Gasteiger partial charge on any atom is -0.466 e. The first kappa shape index (κ1) is 19.6. The van der Waals surface area contributed by atoms with Crippen molar-refractivity contribution in [3.63, 3.8) is 0 Å². The Labute approximate surface area is 159 Å². The first-order valence-electron chi connectivity index (χ1n) is 9.88. The van der Waals surface area contributed by atoms with E-state index < -0.39 is 5.41 Å². The summed E-state index contributed by atoms with van der Waals surface area (Å²) in [5.41, 5.74) is 1.43. The maximum absolute atomic E-state index is 13.0. The van der Waals surface area contributed by atoms with E-state index in [1.807, 2.05) is 25.7 Å². The van der Waals surface area contributed by atoms with Gasteiger partial charge < -0.3 is 14.6 Å². The molecule has 1 aromatic rings. The molecule has 2 aliphatic rings. The maximum atomic E-state index is 13.0. The molecule has 0 aromatic carbocycles. The summed E-state index contributed by atoms with van der Waals surface area (Å²) in [7, 11) is 0. The molecule has 0 unspecified atom stereocenters. The van der Waals surface area contributed by atoms with Crippen LogP contribution < -0.4 is 5.69 Å².